The number of aromatic nitrogens is 3. The van der Waals surface area contributed by atoms with E-state index in [0.717, 1.165) is 36.3 Å². The third-order valence-corrected chi connectivity index (χ3v) is 3.40. The standard InChI is InChI=1S/C15H21ClN6/c1-3-17-15(19-10-14-21-20-11-22(14)2)18-9-8-12-4-6-13(16)7-5-12/h4-7,11H,3,8-10H2,1-2H3,(H2,17,18,19). The highest BCUT2D eigenvalue weighted by Crippen LogP contribution is 2.09. The normalized spacial score (nSPS) is 11.5. The lowest BCUT2D eigenvalue weighted by molar-refractivity contribution is 0.763. The molecule has 0 atom stereocenters. The van der Waals surface area contributed by atoms with Crippen molar-refractivity contribution in [3.05, 3.63) is 47.0 Å². The van der Waals surface area contributed by atoms with Gasteiger partial charge < -0.3 is 15.2 Å². The molecule has 0 radical (unpaired) electrons. The smallest absolute Gasteiger partial charge is 0.191 e. The Morgan fingerprint density at radius 1 is 1.27 bits per heavy atom. The maximum absolute atomic E-state index is 5.88. The van der Waals surface area contributed by atoms with Crippen molar-refractivity contribution in [3.8, 4) is 0 Å². The molecule has 0 bridgehead atoms. The van der Waals surface area contributed by atoms with E-state index in [4.69, 9.17) is 11.6 Å². The van der Waals surface area contributed by atoms with Gasteiger partial charge in [-0.25, -0.2) is 4.99 Å². The summed E-state index contributed by atoms with van der Waals surface area (Å²) in [4.78, 5) is 4.51. The van der Waals surface area contributed by atoms with Crippen molar-refractivity contribution in [2.24, 2.45) is 12.0 Å². The van der Waals surface area contributed by atoms with E-state index in [2.05, 4.69) is 25.8 Å². The van der Waals surface area contributed by atoms with Crippen LogP contribution >= 0.6 is 11.6 Å². The Morgan fingerprint density at radius 3 is 2.68 bits per heavy atom. The average Bonchev–Trinajstić information content (AvgIpc) is 2.92. The molecule has 0 unspecified atom stereocenters. The number of halogens is 1. The van der Waals surface area contributed by atoms with Crippen molar-refractivity contribution in [2.45, 2.75) is 19.9 Å². The molecule has 6 nitrogen and oxygen atoms in total. The number of hydrogen-bond donors (Lipinski definition) is 2. The first-order chi connectivity index (χ1) is 10.7. The second-order valence-electron chi connectivity index (χ2n) is 4.86. The number of benzene rings is 1. The van der Waals surface area contributed by atoms with Crippen molar-refractivity contribution < 1.29 is 0 Å². The van der Waals surface area contributed by atoms with Crippen LogP contribution in [-0.2, 0) is 20.0 Å². The van der Waals surface area contributed by atoms with E-state index in [-0.39, 0.29) is 0 Å². The summed E-state index contributed by atoms with van der Waals surface area (Å²) in [6.45, 7) is 4.14. The fourth-order valence-electron chi connectivity index (χ4n) is 1.92. The molecule has 0 saturated carbocycles. The van der Waals surface area contributed by atoms with Crippen molar-refractivity contribution >= 4 is 17.6 Å². The van der Waals surface area contributed by atoms with Gasteiger partial charge in [0.05, 0.1) is 0 Å². The molecule has 22 heavy (non-hydrogen) atoms. The highest BCUT2D eigenvalue weighted by Gasteiger charge is 2.01. The highest BCUT2D eigenvalue weighted by molar-refractivity contribution is 6.30. The molecule has 0 saturated heterocycles. The Bertz CT molecular complexity index is 605. The molecule has 0 spiro atoms. The van der Waals surface area contributed by atoms with E-state index >= 15 is 0 Å². The number of nitrogens with one attached hydrogen (secondary N) is 2. The minimum atomic E-state index is 0.493. The third kappa shape index (κ3) is 5.04. The van der Waals surface area contributed by atoms with Crippen molar-refractivity contribution in [2.75, 3.05) is 13.1 Å². The maximum Gasteiger partial charge on any atom is 0.191 e. The second-order valence-corrected chi connectivity index (χ2v) is 5.29. The summed E-state index contributed by atoms with van der Waals surface area (Å²) >= 11 is 5.88. The fraction of sp³-hybridized carbons (Fsp3) is 0.400. The van der Waals surface area contributed by atoms with Gasteiger partial charge in [-0.3, -0.25) is 0 Å². The van der Waals surface area contributed by atoms with E-state index in [1.807, 2.05) is 42.8 Å². The van der Waals surface area contributed by atoms with Crippen LogP contribution in [0.3, 0.4) is 0 Å². The molecule has 7 heteroatoms. The van der Waals surface area contributed by atoms with Gasteiger partial charge in [0.2, 0.25) is 0 Å². The number of nitrogens with zero attached hydrogens (tertiary/aromatic N) is 4. The van der Waals surface area contributed by atoms with Gasteiger partial charge in [0.1, 0.15) is 12.9 Å². The Hall–Kier alpha value is -2.08. The lowest BCUT2D eigenvalue weighted by Crippen LogP contribution is -2.38. The summed E-state index contributed by atoms with van der Waals surface area (Å²) in [5, 5.41) is 15.2. The van der Waals surface area contributed by atoms with Crippen LogP contribution in [0.5, 0.6) is 0 Å². The van der Waals surface area contributed by atoms with Gasteiger partial charge in [-0.1, -0.05) is 23.7 Å². The molecule has 2 N–H and O–H groups in total. The SMILES string of the molecule is CCNC(=NCc1nncn1C)NCCc1ccc(Cl)cc1. The van der Waals surface area contributed by atoms with Crippen LogP contribution in [0, 0.1) is 0 Å². The summed E-state index contributed by atoms with van der Waals surface area (Å²) in [5.74, 6) is 1.61. The van der Waals surface area contributed by atoms with Gasteiger partial charge in [0.15, 0.2) is 11.8 Å². The van der Waals surface area contributed by atoms with Crippen molar-refractivity contribution in [3.63, 3.8) is 0 Å². The van der Waals surface area contributed by atoms with Gasteiger partial charge in [0, 0.05) is 25.2 Å². The first-order valence-corrected chi connectivity index (χ1v) is 7.66. The Balaban J connectivity index is 1.85. The maximum atomic E-state index is 5.88. The predicted molar refractivity (Wildman–Crippen MR) is 89.0 cm³/mol. The van der Waals surface area contributed by atoms with Gasteiger partial charge >= 0.3 is 0 Å². The zero-order valence-corrected chi connectivity index (χ0v) is 13.6. The first kappa shape index (κ1) is 16.3. The molecule has 0 amide bonds. The molecule has 118 valence electrons. The summed E-state index contributed by atoms with van der Waals surface area (Å²) in [6.07, 6.45) is 2.58. The lowest BCUT2D eigenvalue weighted by atomic mass is 10.1. The van der Waals surface area contributed by atoms with Gasteiger partial charge in [-0.15, -0.1) is 10.2 Å². The van der Waals surface area contributed by atoms with E-state index in [0.29, 0.717) is 6.54 Å². The number of aliphatic imine (C=N–C) groups is 1. The van der Waals surface area contributed by atoms with Crippen molar-refractivity contribution in [1.29, 1.82) is 0 Å². The zero-order chi connectivity index (χ0) is 15.8. The molecule has 2 aromatic rings. The van der Waals surface area contributed by atoms with Gasteiger partial charge in [-0.05, 0) is 31.0 Å². The summed E-state index contributed by atoms with van der Waals surface area (Å²) in [7, 11) is 1.91. The van der Waals surface area contributed by atoms with E-state index in [9.17, 15) is 0 Å². The van der Waals surface area contributed by atoms with Crippen LogP contribution in [0.4, 0.5) is 0 Å². The Kier molecular flexibility index (Phi) is 6.21. The molecule has 0 aliphatic heterocycles. The molecule has 1 aromatic carbocycles. The van der Waals surface area contributed by atoms with Crippen LogP contribution in [0.25, 0.3) is 0 Å². The molecule has 1 aromatic heterocycles. The van der Waals surface area contributed by atoms with E-state index < -0.39 is 0 Å². The number of rotatable bonds is 6. The monoisotopic (exact) mass is 320 g/mol. The summed E-state index contributed by atoms with van der Waals surface area (Å²) in [6, 6.07) is 7.88. The van der Waals surface area contributed by atoms with Crippen LogP contribution in [0.2, 0.25) is 5.02 Å². The van der Waals surface area contributed by atoms with Crippen LogP contribution in [0.15, 0.2) is 35.6 Å². The fourth-order valence-corrected chi connectivity index (χ4v) is 2.04. The van der Waals surface area contributed by atoms with E-state index in [1.165, 1.54) is 5.56 Å². The van der Waals surface area contributed by atoms with Gasteiger partial charge in [-0.2, -0.15) is 0 Å². The first-order valence-electron chi connectivity index (χ1n) is 7.28. The number of aryl methyl sites for hydroxylation is 1. The minimum absolute atomic E-state index is 0.493. The Labute approximate surface area is 135 Å². The molecular formula is C15H21ClN6. The molecular weight excluding hydrogens is 300 g/mol. The van der Waals surface area contributed by atoms with Gasteiger partial charge in [0.25, 0.3) is 0 Å². The molecule has 1 heterocycles. The molecule has 0 aliphatic rings. The van der Waals surface area contributed by atoms with Crippen LogP contribution in [0.1, 0.15) is 18.3 Å². The zero-order valence-electron chi connectivity index (χ0n) is 12.9. The second kappa shape index (κ2) is 8.38. The predicted octanol–water partition coefficient (Wildman–Crippen LogP) is 1.77. The van der Waals surface area contributed by atoms with Crippen LogP contribution < -0.4 is 10.6 Å². The van der Waals surface area contributed by atoms with Crippen molar-refractivity contribution in [1.82, 2.24) is 25.4 Å². The number of hydrogen-bond acceptors (Lipinski definition) is 3. The molecule has 0 aliphatic carbocycles. The highest BCUT2D eigenvalue weighted by atomic mass is 35.5. The topological polar surface area (TPSA) is 67.1 Å². The quantitative estimate of drug-likeness (QED) is 0.629. The molecule has 0 fully saturated rings. The Morgan fingerprint density at radius 2 is 2.05 bits per heavy atom. The lowest BCUT2D eigenvalue weighted by Gasteiger charge is -2.11. The average molecular weight is 321 g/mol. The largest absolute Gasteiger partial charge is 0.357 e. The summed E-state index contributed by atoms with van der Waals surface area (Å²) in [5.41, 5.74) is 1.24. The molecule has 2 rings (SSSR count). The summed E-state index contributed by atoms with van der Waals surface area (Å²) < 4.78 is 1.86. The third-order valence-electron chi connectivity index (χ3n) is 3.15. The van der Waals surface area contributed by atoms with Crippen LogP contribution in [-0.4, -0.2) is 33.8 Å². The number of guanidine groups is 1. The minimum Gasteiger partial charge on any atom is -0.357 e. The van der Waals surface area contributed by atoms with E-state index in [1.54, 1.807) is 6.33 Å².